The lowest BCUT2D eigenvalue weighted by atomic mass is 9.94. The van der Waals surface area contributed by atoms with E-state index in [0.717, 1.165) is 12.0 Å². The summed E-state index contributed by atoms with van der Waals surface area (Å²) < 4.78 is 0. The maximum atomic E-state index is 4.20. The topological polar surface area (TPSA) is 0 Å². The number of hydrogen-bond donors (Lipinski definition) is 0. The van der Waals surface area contributed by atoms with Gasteiger partial charge in [0.25, 0.3) is 0 Å². The Bertz CT molecular complexity index is 521. The van der Waals surface area contributed by atoms with Crippen LogP contribution in [0.25, 0.3) is 5.57 Å². The Balaban J connectivity index is 2.40. The molecular weight excluding hydrogens is 204 g/mol. The van der Waals surface area contributed by atoms with Crippen LogP contribution in [0.3, 0.4) is 0 Å². The van der Waals surface area contributed by atoms with E-state index in [0.29, 0.717) is 0 Å². The van der Waals surface area contributed by atoms with Crippen LogP contribution in [-0.2, 0) is 6.42 Å². The first-order valence-corrected chi connectivity index (χ1v) is 5.76. The first kappa shape index (κ1) is 11.4. The Morgan fingerprint density at radius 3 is 2.29 bits per heavy atom. The molecule has 0 heteroatoms. The zero-order valence-electron chi connectivity index (χ0n) is 9.89. The second-order valence-corrected chi connectivity index (χ2v) is 3.99. The van der Waals surface area contributed by atoms with Crippen LogP contribution >= 0.6 is 0 Å². The maximum absolute atomic E-state index is 4.20. The largest absolute Gasteiger partial charge is 0.103 e. The van der Waals surface area contributed by atoms with Crippen molar-refractivity contribution in [3.05, 3.63) is 90.5 Å². The van der Waals surface area contributed by atoms with Crippen LogP contribution in [-0.4, -0.2) is 0 Å². The molecule has 0 unspecified atom stereocenters. The molecule has 0 N–H and O–H groups in total. The van der Waals surface area contributed by atoms with Gasteiger partial charge in [-0.25, -0.2) is 0 Å². The minimum absolute atomic E-state index is 0.877. The van der Waals surface area contributed by atoms with Crippen molar-refractivity contribution in [1.82, 2.24) is 0 Å². The van der Waals surface area contributed by atoms with Crippen molar-refractivity contribution in [2.75, 3.05) is 0 Å². The predicted octanol–water partition coefficient (Wildman–Crippen LogP) is 4.48. The Kier molecular flexibility index (Phi) is 3.56. The van der Waals surface area contributed by atoms with Crippen LogP contribution in [0.15, 0.2) is 73.8 Å². The summed E-state index contributed by atoms with van der Waals surface area (Å²) in [6.07, 6.45) is 2.80. The van der Waals surface area contributed by atoms with E-state index in [4.69, 9.17) is 0 Å². The third kappa shape index (κ3) is 2.54. The van der Waals surface area contributed by atoms with Gasteiger partial charge in [0.2, 0.25) is 0 Å². The van der Waals surface area contributed by atoms with E-state index in [1.54, 1.807) is 0 Å². The third-order valence-corrected chi connectivity index (χ3v) is 2.83. The molecule has 84 valence electrons. The molecule has 2 aromatic carbocycles. The van der Waals surface area contributed by atoms with Gasteiger partial charge in [-0.2, -0.15) is 0 Å². The van der Waals surface area contributed by atoms with Crippen molar-refractivity contribution in [1.29, 1.82) is 0 Å². The third-order valence-electron chi connectivity index (χ3n) is 2.83. The smallest absolute Gasteiger partial charge is 0.00940 e. The number of benzene rings is 2. The molecule has 0 amide bonds. The van der Waals surface area contributed by atoms with Crippen LogP contribution in [0, 0.1) is 0 Å². The Hall–Kier alpha value is -2.08. The van der Waals surface area contributed by atoms with E-state index in [9.17, 15) is 0 Å². The van der Waals surface area contributed by atoms with Crippen LogP contribution < -0.4 is 0 Å². The van der Waals surface area contributed by atoms with E-state index in [1.165, 1.54) is 16.7 Å². The molecule has 0 heterocycles. The molecule has 0 fully saturated rings. The van der Waals surface area contributed by atoms with Gasteiger partial charge in [0.1, 0.15) is 0 Å². The Morgan fingerprint density at radius 1 is 0.941 bits per heavy atom. The van der Waals surface area contributed by atoms with Gasteiger partial charge in [-0.15, -0.1) is 6.58 Å². The van der Waals surface area contributed by atoms with Crippen molar-refractivity contribution >= 4 is 5.57 Å². The first-order valence-electron chi connectivity index (χ1n) is 5.76. The summed E-state index contributed by atoms with van der Waals surface area (Å²) in [5.74, 6) is 0. The molecule has 0 radical (unpaired) electrons. The Morgan fingerprint density at radius 2 is 1.59 bits per heavy atom. The van der Waals surface area contributed by atoms with Gasteiger partial charge in [-0.3, -0.25) is 0 Å². The molecule has 2 rings (SSSR count). The molecule has 0 aromatic heterocycles. The number of hydrogen-bond acceptors (Lipinski definition) is 0. The molecule has 0 nitrogen and oxygen atoms in total. The maximum Gasteiger partial charge on any atom is -0.00940 e. The van der Waals surface area contributed by atoms with E-state index in [1.807, 2.05) is 24.3 Å². The summed E-state index contributed by atoms with van der Waals surface area (Å²) in [6, 6.07) is 18.6. The van der Waals surface area contributed by atoms with Crippen LogP contribution in [0.4, 0.5) is 0 Å². The first-order chi connectivity index (χ1) is 8.33. The standard InChI is InChI=1S/C17H16/c1-3-9-16-12-7-8-13-17(16)14(2)15-10-5-4-6-11-15/h3-8,10-13H,1-2,9H2. The molecule has 0 aliphatic rings. The van der Waals surface area contributed by atoms with Crippen LogP contribution in [0.1, 0.15) is 16.7 Å². The highest BCUT2D eigenvalue weighted by Crippen LogP contribution is 2.24. The summed E-state index contributed by atoms with van der Waals surface area (Å²) in [4.78, 5) is 0. The van der Waals surface area contributed by atoms with Crippen molar-refractivity contribution < 1.29 is 0 Å². The molecule has 0 saturated heterocycles. The van der Waals surface area contributed by atoms with Gasteiger partial charge in [-0.1, -0.05) is 67.3 Å². The van der Waals surface area contributed by atoms with Crippen molar-refractivity contribution in [2.45, 2.75) is 6.42 Å². The zero-order chi connectivity index (χ0) is 12.1. The fourth-order valence-corrected chi connectivity index (χ4v) is 1.94. The van der Waals surface area contributed by atoms with Crippen molar-refractivity contribution in [3.63, 3.8) is 0 Å². The summed E-state index contributed by atoms with van der Waals surface area (Å²) in [7, 11) is 0. The van der Waals surface area contributed by atoms with Gasteiger partial charge in [-0.05, 0) is 28.7 Å². The van der Waals surface area contributed by atoms with Gasteiger partial charge in [0.15, 0.2) is 0 Å². The van der Waals surface area contributed by atoms with Crippen LogP contribution in [0.5, 0.6) is 0 Å². The van der Waals surface area contributed by atoms with Crippen LogP contribution in [0.2, 0.25) is 0 Å². The second kappa shape index (κ2) is 5.31. The molecule has 0 atom stereocenters. The number of allylic oxidation sites excluding steroid dienone is 1. The molecule has 0 aliphatic heterocycles. The summed E-state index contributed by atoms with van der Waals surface area (Å²) in [5, 5.41) is 0. The minimum atomic E-state index is 0.877. The average Bonchev–Trinajstić information content (AvgIpc) is 2.40. The highest BCUT2D eigenvalue weighted by atomic mass is 14.1. The fourth-order valence-electron chi connectivity index (χ4n) is 1.94. The van der Waals surface area contributed by atoms with E-state index in [-0.39, 0.29) is 0 Å². The second-order valence-electron chi connectivity index (χ2n) is 3.99. The van der Waals surface area contributed by atoms with Gasteiger partial charge < -0.3 is 0 Å². The summed E-state index contributed by atoms with van der Waals surface area (Å²) >= 11 is 0. The van der Waals surface area contributed by atoms with Crippen molar-refractivity contribution in [3.8, 4) is 0 Å². The molecule has 0 saturated carbocycles. The summed E-state index contributed by atoms with van der Waals surface area (Å²) in [5.41, 5.74) is 4.72. The normalized spacial score (nSPS) is 9.88. The van der Waals surface area contributed by atoms with Crippen molar-refractivity contribution in [2.24, 2.45) is 0 Å². The molecule has 0 spiro atoms. The lowest BCUT2D eigenvalue weighted by Gasteiger charge is -2.11. The lowest BCUT2D eigenvalue weighted by Crippen LogP contribution is -1.92. The fraction of sp³-hybridized carbons (Fsp3) is 0.0588. The van der Waals surface area contributed by atoms with Gasteiger partial charge >= 0.3 is 0 Å². The van der Waals surface area contributed by atoms with Gasteiger partial charge in [0, 0.05) is 0 Å². The zero-order valence-corrected chi connectivity index (χ0v) is 9.89. The summed E-state index contributed by atoms with van der Waals surface area (Å²) in [6.45, 7) is 8.00. The van der Waals surface area contributed by atoms with E-state index >= 15 is 0 Å². The Labute approximate surface area is 103 Å². The SMILES string of the molecule is C=CCc1ccccc1C(=C)c1ccccc1. The van der Waals surface area contributed by atoms with E-state index < -0.39 is 0 Å². The minimum Gasteiger partial charge on any atom is -0.103 e. The highest BCUT2D eigenvalue weighted by Gasteiger charge is 2.05. The van der Waals surface area contributed by atoms with Gasteiger partial charge in [0.05, 0.1) is 0 Å². The molecule has 17 heavy (non-hydrogen) atoms. The quantitative estimate of drug-likeness (QED) is 0.666. The average molecular weight is 220 g/mol. The molecular formula is C17H16. The van der Waals surface area contributed by atoms with E-state index in [2.05, 4.69) is 49.6 Å². The highest BCUT2D eigenvalue weighted by molar-refractivity contribution is 5.79. The number of rotatable bonds is 4. The predicted molar refractivity (Wildman–Crippen MR) is 74.9 cm³/mol. The molecule has 2 aromatic rings. The monoisotopic (exact) mass is 220 g/mol. The molecule has 0 aliphatic carbocycles. The molecule has 0 bridgehead atoms. The lowest BCUT2D eigenvalue weighted by molar-refractivity contribution is 1.26.